The highest BCUT2D eigenvalue weighted by atomic mass is 16.4. The highest BCUT2D eigenvalue weighted by Crippen LogP contribution is 2.02. The topological polar surface area (TPSA) is 180 Å². The van der Waals surface area contributed by atoms with Gasteiger partial charge in [-0.05, 0) is 12.8 Å². The third-order valence-electron chi connectivity index (χ3n) is 2.66. The predicted octanol–water partition coefficient (Wildman–Crippen LogP) is -1.65. The van der Waals surface area contributed by atoms with Crippen molar-refractivity contribution in [2.75, 3.05) is 13.6 Å². The number of guanidine groups is 1. The summed E-state index contributed by atoms with van der Waals surface area (Å²) in [5.74, 6) is -3.92. The quantitative estimate of drug-likeness (QED) is 0.246. The van der Waals surface area contributed by atoms with Crippen molar-refractivity contribution < 1.29 is 29.7 Å². The first-order valence-corrected chi connectivity index (χ1v) is 6.12. The van der Waals surface area contributed by atoms with E-state index in [1.807, 2.05) is 0 Å². The highest BCUT2D eigenvalue weighted by Gasteiger charge is 2.21. The molecule has 0 heterocycles. The van der Waals surface area contributed by atoms with Crippen LogP contribution in [0.4, 0.5) is 0 Å². The smallest absolute Gasteiger partial charge is 0.329 e. The number of aliphatic imine (C=N–C) groups is 1. The third kappa shape index (κ3) is 7.72. The average molecular weight is 304 g/mol. The molecule has 0 rings (SSSR count). The van der Waals surface area contributed by atoms with E-state index in [1.165, 1.54) is 11.9 Å². The lowest BCUT2D eigenvalue weighted by atomic mass is 10.1. The number of carbonyl (C=O) groups is 3. The van der Waals surface area contributed by atoms with Gasteiger partial charge in [-0.3, -0.25) is 9.59 Å². The van der Waals surface area contributed by atoms with Crippen LogP contribution in [0.25, 0.3) is 0 Å². The summed E-state index contributed by atoms with van der Waals surface area (Å²) in [4.78, 5) is 36.9. The normalized spacial score (nSPS) is 14.3. The molecule has 1 unspecified atom stereocenters. The Bertz CT molecular complexity index is 425. The summed E-state index contributed by atoms with van der Waals surface area (Å²) < 4.78 is 0. The standard InChI is InChI=1S/C11H20N4O6/c1-15(4-2-3-6(12)9(18)19)11(13)14-7(10(20)21)5-8(16)17/h6-7H,2-5,12H2,1H3,(H2,13,14)(H,16,17)(H,18,19)(H,20,21)/t6-,7?/m0/s1. The number of nitrogens with zero attached hydrogens (tertiary/aromatic N) is 2. The summed E-state index contributed by atoms with van der Waals surface area (Å²) in [5.41, 5.74) is 10.9. The van der Waals surface area contributed by atoms with Crippen LogP contribution in [0, 0.1) is 0 Å². The van der Waals surface area contributed by atoms with Gasteiger partial charge in [-0.25, -0.2) is 9.79 Å². The van der Waals surface area contributed by atoms with Crippen molar-refractivity contribution in [3.05, 3.63) is 0 Å². The summed E-state index contributed by atoms with van der Waals surface area (Å²) in [5, 5.41) is 26.0. The van der Waals surface area contributed by atoms with Crippen LogP contribution in [0.3, 0.4) is 0 Å². The predicted molar refractivity (Wildman–Crippen MR) is 72.8 cm³/mol. The van der Waals surface area contributed by atoms with Gasteiger partial charge in [0.2, 0.25) is 0 Å². The van der Waals surface area contributed by atoms with Gasteiger partial charge < -0.3 is 31.7 Å². The van der Waals surface area contributed by atoms with Crippen LogP contribution in [0.1, 0.15) is 19.3 Å². The molecule has 0 saturated carbocycles. The molecular weight excluding hydrogens is 284 g/mol. The minimum atomic E-state index is -1.47. The van der Waals surface area contributed by atoms with Crippen LogP contribution in [-0.4, -0.2) is 69.8 Å². The van der Waals surface area contributed by atoms with Crippen LogP contribution in [-0.2, 0) is 14.4 Å². The van der Waals surface area contributed by atoms with Gasteiger partial charge in [-0.1, -0.05) is 0 Å². The van der Waals surface area contributed by atoms with E-state index in [4.69, 9.17) is 26.8 Å². The fourth-order valence-electron chi connectivity index (χ4n) is 1.40. The van der Waals surface area contributed by atoms with Crippen molar-refractivity contribution in [1.29, 1.82) is 0 Å². The minimum Gasteiger partial charge on any atom is -0.481 e. The summed E-state index contributed by atoms with van der Waals surface area (Å²) in [6.45, 7) is 0.315. The monoisotopic (exact) mass is 304 g/mol. The third-order valence-corrected chi connectivity index (χ3v) is 2.66. The lowest BCUT2D eigenvalue weighted by Crippen LogP contribution is -2.38. The zero-order chi connectivity index (χ0) is 16.6. The molecule has 10 heteroatoms. The fourth-order valence-corrected chi connectivity index (χ4v) is 1.40. The van der Waals surface area contributed by atoms with Gasteiger partial charge in [-0.15, -0.1) is 0 Å². The maximum atomic E-state index is 10.8. The highest BCUT2D eigenvalue weighted by molar-refractivity contribution is 5.85. The van der Waals surface area contributed by atoms with E-state index in [0.29, 0.717) is 13.0 Å². The largest absolute Gasteiger partial charge is 0.481 e. The second-order valence-corrected chi connectivity index (χ2v) is 4.45. The molecule has 0 aliphatic heterocycles. The van der Waals surface area contributed by atoms with Gasteiger partial charge in [0.1, 0.15) is 6.04 Å². The summed E-state index contributed by atoms with van der Waals surface area (Å²) in [6, 6.07) is -2.44. The molecule has 0 aliphatic rings. The summed E-state index contributed by atoms with van der Waals surface area (Å²) in [6.07, 6.45) is -0.0327. The van der Waals surface area contributed by atoms with Crippen molar-refractivity contribution in [3.63, 3.8) is 0 Å². The molecule has 2 atom stereocenters. The number of carboxylic acid groups (broad SMARTS) is 3. The first-order valence-electron chi connectivity index (χ1n) is 6.12. The molecule has 0 spiro atoms. The SMILES string of the molecule is CN(CCC[C@H](N)C(=O)O)C(N)=NC(CC(=O)O)C(=O)O. The van der Waals surface area contributed by atoms with Crippen LogP contribution in [0.2, 0.25) is 0 Å². The number of carboxylic acids is 3. The average Bonchev–Trinajstić information content (AvgIpc) is 2.36. The van der Waals surface area contributed by atoms with Crippen LogP contribution in [0.5, 0.6) is 0 Å². The Morgan fingerprint density at radius 3 is 2.19 bits per heavy atom. The molecule has 0 aliphatic carbocycles. The molecule has 0 bridgehead atoms. The molecule has 120 valence electrons. The summed E-state index contributed by atoms with van der Waals surface area (Å²) >= 11 is 0. The van der Waals surface area contributed by atoms with Crippen LogP contribution >= 0.6 is 0 Å². The number of hydrogen-bond donors (Lipinski definition) is 5. The Balaban J connectivity index is 4.48. The van der Waals surface area contributed by atoms with E-state index in [1.54, 1.807) is 0 Å². The molecule has 0 saturated heterocycles. The van der Waals surface area contributed by atoms with E-state index >= 15 is 0 Å². The number of rotatable bonds is 9. The first-order chi connectivity index (χ1) is 9.65. The van der Waals surface area contributed by atoms with Gasteiger partial charge in [0.05, 0.1) is 6.42 Å². The zero-order valence-electron chi connectivity index (χ0n) is 11.6. The molecule has 0 aromatic carbocycles. The molecule has 10 nitrogen and oxygen atoms in total. The molecule has 0 aromatic heterocycles. The fraction of sp³-hybridized carbons (Fsp3) is 0.636. The lowest BCUT2D eigenvalue weighted by molar-refractivity contribution is -0.144. The molecular formula is C11H20N4O6. The van der Waals surface area contributed by atoms with E-state index in [-0.39, 0.29) is 12.4 Å². The Kier molecular flexibility index (Phi) is 7.76. The van der Waals surface area contributed by atoms with Gasteiger partial charge >= 0.3 is 17.9 Å². The van der Waals surface area contributed by atoms with Crippen molar-refractivity contribution in [2.45, 2.75) is 31.3 Å². The number of nitrogens with two attached hydrogens (primary N) is 2. The Morgan fingerprint density at radius 2 is 1.76 bits per heavy atom. The van der Waals surface area contributed by atoms with Gasteiger partial charge in [-0.2, -0.15) is 0 Å². The van der Waals surface area contributed by atoms with Crippen LogP contribution < -0.4 is 11.5 Å². The van der Waals surface area contributed by atoms with Gasteiger partial charge in [0.15, 0.2) is 12.0 Å². The zero-order valence-corrected chi connectivity index (χ0v) is 11.6. The van der Waals surface area contributed by atoms with Crippen molar-refractivity contribution >= 4 is 23.9 Å². The Labute approximate surface area is 121 Å². The molecule has 7 N–H and O–H groups in total. The second kappa shape index (κ2) is 8.74. The van der Waals surface area contributed by atoms with Gasteiger partial charge in [0.25, 0.3) is 0 Å². The second-order valence-electron chi connectivity index (χ2n) is 4.45. The van der Waals surface area contributed by atoms with Crippen molar-refractivity contribution in [1.82, 2.24) is 4.90 Å². The lowest BCUT2D eigenvalue weighted by Gasteiger charge is -2.19. The van der Waals surface area contributed by atoms with Crippen molar-refractivity contribution in [3.8, 4) is 0 Å². The molecule has 21 heavy (non-hydrogen) atoms. The summed E-state index contributed by atoms with van der Waals surface area (Å²) in [7, 11) is 1.53. The Hall–Kier alpha value is -2.36. The molecule has 0 radical (unpaired) electrons. The number of aliphatic carboxylic acids is 3. The molecule has 0 amide bonds. The van der Waals surface area contributed by atoms with E-state index in [0.717, 1.165) is 0 Å². The van der Waals surface area contributed by atoms with E-state index < -0.39 is 36.4 Å². The number of hydrogen-bond acceptors (Lipinski definition) is 5. The van der Waals surface area contributed by atoms with E-state index in [2.05, 4.69) is 4.99 Å². The maximum absolute atomic E-state index is 10.8. The minimum absolute atomic E-state index is 0.132. The maximum Gasteiger partial charge on any atom is 0.329 e. The molecule has 0 fully saturated rings. The van der Waals surface area contributed by atoms with Gasteiger partial charge in [0, 0.05) is 13.6 Å². The van der Waals surface area contributed by atoms with E-state index in [9.17, 15) is 14.4 Å². The van der Waals surface area contributed by atoms with Crippen molar-refractivity contribution in [2.24, 2.45) is 16.5 Å². The first kappa shape index (κ1) is 18.6. The van der Waals surface area contributed by atoms with Crippen LogP contribution in [0.15, 0.2) is 4.99 Å². The molecule has 0 aromatic rings. The Morgan fingerprint density at radius 1 is 1.19 bits per heavy atom.